The van der Waals surface area contributed by atoms with Gasteiger partial charge < -0.3 is 19.4 Å². The number of likely N-dealkylation sites (tertiary alicyclic amines) is 1. The van der Waals surface area contributed by atoms with Crippen molar-refractivity contribution in [1.29, 1.82) is 0 Å². The van der Waals surface area contributed by atoms with Crippen LogP contribution in [0.15, 0.2) is 23.0 Å². The molecule has 0 unspecified atom stereocenters. The van der Waals surface area contributed by atoms with E-state index >= 15 is 0 Å². The number of carbonyl (C=O) groups is 1. The standard InChI is InChI=1S/C20H24N4O4/c1-13-6-8-24(9-7-13)19(25)5-3-15-20(26)21-18(23-22-15)11-14-2-4-16-17(10-14)28-12-27-16/h2,4,10,13H,3,5-9,11-12H2,1H3,(H,21,23,26). The highest BCUT2D eigenvalue weighted by Crippen LogP contribution is 2.32. The Balaban J connectivity index is 1.35. The van der Waals surface area contributed by atoms with E-state index in [1.807, 2.05) is 23.1 Å². The molecule has 28 heavy (non-hydrogen) atoms. The number of piperidine rings is 1. The van der Waals surface area contributed by atoms with Crippen molar-refractivity contribution in [2.24, 2.45) is 5.92 Å². The zero-order valence-corrected chi connectivity index (χ0v) is 15.9. The lowest BCUT2D eigenvalue weighted by atomic mass is 9.99. The first kappa shape index (κ1) is 18.5. The number of carbonyl (C=O) groups excluding carboxylic acids is 1. The SMILES string of the molecule is CC1CCN(C(=O)CCc2nnc(Cc3ccc4c(c3)OCO4)[nH]c2=O)CC1. The van der Waals surface area contributed by atoms with E-state index in [2.05, 4.69) is 22.1 Å². The number of aromatic amines is 1. The predicted octanol–water partition coefficient (Wildman–Crippen LogP) is 1.68. The Kier molecular flexibility index (Phi) is 5.27. The Bertz CT molecular complexity index is 919. The summed E-state index contributed by atoms with van der Waals surface area (Å²) in [5, 5.41) is 8.18. The number of aromatic nitrogens is 3. The van der Waals surface area contributed by atoms with Crippen LogP contribution >= 0.6 is 0 Å². The van der Waals surface area contributed by atoms with Crippen molar-refractivity contribution < 1.29 is 14.3 Å². The fourth-order valence-corrected chi connectivity index (χ4v) is 3.52. The number of aryl methyl sites for hydroxylation is 1. The summed E-state index contributed by atoms with van der Waals surface area (Å²) in [7, 11) is 0. The lowest BCUT2D eigenvalue weighted by molar-refractivity contribution is -0.132. The Morgan fingerprint density at radius 3 is 2.79 bits per heavy atom. The second-order valence-electron chi connectivity index (χ2n) is 7.48. The molecule has 0 spiro atoms. The number of nitrogens with zero attached hydrogens (tertiary/aromatic N) is 3. The van der Waals surface area contributed by atoms with Crippen LogP contribution in [0, 0.1) is 5.92 Å². The molecule has 0 bridgehead atoms. The minimum absolute atomic E-state index is 0.0811. The molecular weight excluding hydrogens is 360 g/mol. The smallest absolute Gasteiger partial charge is 0.272 e. The van der Waals surface area contributed by atoms with Gasteiger partial charge in [-0.15, -0.1) is 10.2 Å². The van der Waals surface area contributed by atoms with Crippen molar-refractivity contribution in [3.63, 3.8) is 0 Å². The Labute approximate surface area is 162 Å². The van der Waals surface area contributed by atoms with Crippen LogP contribution in [0.4, 0.5) is 0 Å². The largest absolute Gasteiger partial charge is 0.454 e. The van der Waals surface area contributed by atoms with E-state index in [4.69, 9.17) is 9.47 Å². The Hall–Kier alpha value is -2.90. The topological polar surface area (TPSA) is 97.4 Å². The molecule has 1 N–H and O–H groups in total. The molecule has 1 aromatic heterocycles. The first-order chi connectivity index (χ1) is 13.6. The average Bonchev–Trinajstić information content (AvgIpc) is 3.15. The van der Waals surface area contributed by atoms with Gasteiger partial charge in [0.05, 0.1) is 0 Å². The lowest BCUT2D eigenvalue weighted by Gasteiger charge is -2.30. The quantitative estimate of drug-likeness (QED) is 0.842. The van der Waals surface area contributed by atoms with E-state index < -0.39 is 0 Å². The van der Waals surface area contributed by atoms with E-state index in [-0.39, 0.29) is 24.7 Å². The maximum atomic E-state index is 12.3. The number of H-pyrrole nitrogens is 1. The van der Waals surface area contributed by atoms with Gasteiger partial charge in [-0.05, 0) is 36.5 Å². The van der Waals surface area contributed by atoms with Gasteiger partial charge in [-0.2, -0.15) is 0 Å². The highest BCUT2D eigenvalue weighted by Gasteiger charge is 2.20. The Morgan fingerprint density at radius 2 is 2.00 bits per heavy atom. The summed E-state index contributed by atoms with van der Waals surface area (Å²) in [6, 6.07) is 5.61. The van der Waals surface area contributed by atoms with Gasteiger partial charge in [0.15, 0.2) is 11.5 Å². The molecule has 2 aliphatic rings. The van der Waals surface area contributed by atoms with E-state index in [9.17, 15) is 9.59 Å². The van der Waals surface area contributed by atoms with Crippen LogP contribution in [-0.4, -0.2) is 45.9 Å². The molecule has 148 valence electrons. The number of hydrogen-bond acceptors (Lipinski definition) is 6. The molecular formula is C20H24N4O4. The van der Waals surface area contributed by atoms with Gasteiger partial charge in [0, 0.05) is 32.4 Å². The number of ether oxygens (including phenoxy) is 2. The Morgan fingerprint density at radius 1 is 1.21 bits per heavy atom. The molecule has 2 aromatic rings. The fraction of sp³-hybridized carbons (Fsp3) is 0.500. The molecule has 1 fully saturated rings. The molecule has 8 heteroatoms. The molecule has 2 aliphatic heterocycles. The molecule has 0 radical (unpaired) electrons. The van der Waals surface area contributed by atoms with Gasteiger partial charge in [-0.25, -0.2) is 0 Å². The van der Waals surface area contributed by atoms with Crippen LogP contribution in [0.1, 0.15) is 43.3 Å². The normalized spacial score (nSPS) is 16.4. The third-order valence-corrected chi connectivity index (χ3v) is 5.33. The second kappa shape index (κ2) is 8.00. The summed E-state index contributed by atoms with van der Waals surface area (Å²) in [5.74, 6) is 2.64. The third-order valence-electron chi connectivity index (χ3n) is 5.33. The van der Waals surface area contributed by atoms with Gasteiger partial charge >= 0.3 is 0 Å². The highest BCUT2D eigenvalue weighted by molar-refractivity contribution is 5.76. The molecule has 8 nitrogen and oxygen atoms in total. The first-order valence-electron chi connectivity index (χ1n) is 9.69. The second-order valence-corrected chi connectivity index (χ2v) is 7.48. The van der Waals surface area contributed by atoms with Crippen LogP contribution in [0.2, 0.25) is 0 Å². The molecule has 1 saturated heterocycles. The van der Waals surface area contributed by atoms with Crippen LogP contribution in [0.25, 0.3) is 0 Å². The van der Waals surface area contributed by atoms with Gasteiger partial charge in [-0.1, -0.05) is 13.0 Å². The van der Waals surface area contributed by atoms with Crippen molar-refractivity contribution in [1.82, 2.24) is 20.1 Å². The third kappa shape index (κ3) is 4.16. The summed E-state index contributed by atoms with van der Waals surface area (Å²) in [4.78, 5) is 29.3. The van der Waals surface area contributed by atoms with Gasteiger partial charge in [-0.3, -0.25) is 9.59 Å². The van der Waals surface area contributed by atoms with Crippen molar-refractivity contribution in [3.05, 3.63) is 45.6 Å². The lowest BCUT2D eigenvalue weighted by Crippen LogP contribution is -2.38. The van der Waals surface area contributed by atoms with Crippen molar-refractivity contribution >= 4 is 5.91 Å². The molecule has 0 saturated carbocycles. The molecule has 4 rings (SSSR count). The van der Waals surface area contributed by atoms with Crippen LogP contribution in [-0.2, 0) is 17.6 Å². The zero-order valence-electron chi connectivity index (χ0n) is 15.9. The number of nitrogens with one attached hydrogen (secondary N) is 1. The van der Waals surface area contributed by atoms with E-state index in [1.165, 1.54) is 0 Å². The summed E-state index contributed by atoms with van der Waals surface area (Å²) >= 11 is 0. The summed E-state index contributed by atoms with van der Waals surface area (Å²) < 4.78 is 10.7. The van der Waals surface area contributed by atoms with Crippen LogP contribution < -0.4 is 15.0 Å². The van der Waals surface area contributed by atoms with E-state index in [1.54, 1.807) is 0 Å². The van der Waals surface area contributed by atoms with E-state index in [0.717, 1.165) is 31.5 Å². The van der Waals surface area contributed by atoms with Crippen molar-refractivity contribution in [3.8, 4) is 11.5 Å². The number of fused-ring (bicyclic) bond motifs is 1. The van der Waals surface area contributed by atoms with E-state index in [0.29, 0.717) is 41.8 Å². The molecule has 3 heterocycles. The average molecular weight is 384 g/mol. The fourth-order valence-electron chi connectivity index (χ4n) is 3.52. The number of benzene rings is 1. The molecule has 0 atom stereocenters. The minimum Gasteiger partial charge on any atom is -0.454 e. The van der Waals surface area contributed by atoms with Crippen molar-refractivity contribution in [2.75, 3.05) is 19.9 Å². The number of hydrogen-bond donors (Lipinski definition) is 1. The first-order valence-corrected chi connectivity index (χ1v) is 9.69. The van der Waals surface area contributed by atoms with Crippen LogP contribution in [0.5, 0.6) is 11.5 Å². The molecule has 1 amide bonds. The van der Waals surface area contributed by atoms with Gasteiger partial charge in [0.2, 0.25) is 12.7 Å². The monoisotopic (exact) mass is 384 g/mol. The highest BCUT2D eigenvalue weighted by atomic mass is 16.7. The molecule has 0 aliphatic carbocycles. The number of amides is 1. The van der Waals surface area contributed by atoms with Gasteiger partial charge in [0.1, 0.15) is 11.5 Å². The summed E-state index contributed by atoms with van der Waals surface area (Å²) in [5.41, 5.74) is 0.954. The number of rotatable bonds is 5. The summed E-state index contributed by atoms with van der Waals surface area (Å²) in [6.07, 6.45) is 3.11. The van der Waals surface area contributed by atoms with Crippen LogP contribution in [0.3, 0.4) is 0 Å². The summed E-state index contributed by atoms with van der Waals surface area (Å²) in [6.45, 7) is 4.04. The zero-order chi connectivity index (χ0) is 19.5. The van der Waals surface area contributed by atoms with Gasteiger partial charge in [0.25, 0.3) is 5.56 Å². The van der Waals surface area contributed by atoms with Crippen molar-refractivity contribution in [2.45, 2.75) is 39.0 Å². The maximum absolute atomic E-state index is 12.3. The molecule has 1 aromatic carbocycles. The minimum atomic E-state index is -0.286. The predicted molar refractivity (Wildman–Crippen MR) is 101 cm³/mol. The maximum Gasteiger partial charge on any atom is 0.272 e.